The SMILES string of the molecule is C[C@@H]1C[C@@H]1C(=O)OCC(=O)Nc1c(Cl)cccc1Cl. The minimum absolute atomic E-state index is 0.0586. The van der Waals surface area contributed by atoms with Gasteiger partial charge < -0.3 is 10.1 Å². The number of para-hydroxylation sites is 1. The van der Waals surface area contributed by atoms with Gasteiger partial charge in [0.1, 0.15) is 0 Å². The van der Waals surface area contributed by atoms with Crippen molar-refractivity contribution in [3.05, 3.63) is 28.2 Å². The number of carbonyl (C=O) groups is 2. The molecule has 1 aliphatic carbocycles. The Morgan fingerprint density at radius 2 is 1.95 bits per heavy atom. The largest absolute Gasteiger partial charge is 0.455 e. The molecule has 1 fully saturated rings. The first-order valence-electron chi connectivity index (χ1n) is 5.89. The molecule has 19 heavy (non-hydrogen) atoms. The van der Waals surface area contributed by atoms with E-state index in [-0.39, 0.29) is 18.5 Å². The standard InChI is InChI=1S/C13H13Cl2NO3/c1-7-5-8(7)13(18)19-6-11(17)16-12-9(14)3-2-4-10(12)15/h2-4,7-8H,5-6H2,1H3,(H,16,17)/t7-,8+/m1/s1. The van der Waals surface area contributed by atoms with Gasteiger partial charge in [0, 0.05) is 0 Å². The van der Waals surface area contributed by atoms with E-state index in [1.54, 1.807) is 18.2 Å². The molecule has 0 unspecified atom stereocenters. The highest BCUT2D eigenvalue weighted by atomic mass is 35.5. The van der Waals surface area contributed by atoms with Crippen LogP contribution < -0.4 is 5.32 Å². The second-order valence-corrected chi connectivity index (χ2v) is 5.39. The number of carbonyl (C=O) groups excluding carboxylic acids is 2. The van der Waals surface area contributed by atoms with Crippen molar-refractivity contribution in [1.29, 1.82) is 0 Å². The Kier molecular flexibility index (Phi) is 4.32. The Morgan fingerprint density at radius 3 is 2.47 bits per heavy atom. The molecule has 2 atom stereocenters. The van der Waals surface area contributed by atoms with Gasteiger partial charge in [-0.05, 0) is 24.5 Å². The normalized spacial score (nSPS) is 20.8. The summed E-state index contributed by atoms with van der Waals surface area (Å²) in [7, 11) is 0. The molecular formula is C13H13Cl2NO3. The number of nitrogens with one attached hydrogen (secondary N) is 1. The summed E-state index contributed by atoms with van der Waals surface area (Å²) in [6, 6.07) is 4.90. The van der Waals surface area contributed by atoms with Crippen LogP contribution in [0, 0.1) is 11.8 Å². The fourth-order valence-corrected chi connectivity index (χ4v) is 2.18. The molecule has 1 amide bonds. The average molecular weight is 302 g/mol. The smallest absolute Gasteiger partial charge is 0.309 e. The molecule has 6 heteroatoms. The molecule has 2 rings (SSSR count). The predicted molar refractivity (Wildman–Crippen MR) is 73.3 cm³/mol. The third-order valence-corrected chi connectivity index (χ3v) is 3.61. The molecule has 0 heterocycles. The van der Waals surface area contributed by atoms with Crippen LogP contribution in [0.2, 0.25) is 10.0 Å². The van der Waals surface area contributed by atoms with Gasteiger partial charge in [-0.2, -0.15) is 0 Å². The first kappa shape index (κ1) is 14.2. The maximum absolute atomic E-state index is 11.6. The van der Waals surface area contributed by atoms with E-state index in [4.69, 9.17) is 27.9 Å². The van der Waals surface area contributed by atoms with Gasteiger partial charge in [-0.25, -0.2) is 0 Å². The third-order valence-electron chi connectivity index (χ3n) is 2.98. The van der Waals surface area contributed by atoms with Gasteiger partial charge >= 0.3 is 5.97 Å². The van der Waals surface area contributed by atoms with Gasteiger partial charge in [0.05, 0.1) is 21.7 Å². The molecule has 0 radical (unpaired) electrons. The molecule has 0 saturated heterocycles. The van der Waals surface area contributed by atoms with E-state index in [1.807, 2.05) is 6.92 Å². The molecule has 4 nitrogen and oxygen atoms in total. The van der Waals surface area contributed by atoms with Crippen LogP contribution in [0.4, 0.5) is 5.69 Å². The molecule has 0 bridgehead atoms. The zero-order valence-electron chi connectivity index (χ0n) is 10.3. The summed E-state index contributed by atoms with van der Waals surface area (Å²) in [5.74, 6) is -0.491. The Hall–Kier alpha value is -1.26. The Morgan fingerprint density at radius 1 is 1.37 bits per heavy atom. The molecule has 1 saturated carbocycles. The Bertz CT molecular complexity index is 498. The van der Waals surface area contributed by atoms with Crippen LogP contribution in [0.25, 0.3) is 0 Å². The van der Waals surface area contributed by atoms with E-state index in [0.717, 1.165) is 6.42 Å². The van der Waals surface area contributed by atoms with Crippen LogP contribution >= 0.6 is 23.2 Å². The molecule has 0 spiro atoms. The number of rotatable bonds is 4. The summed E-state index contributed by atoms with van der Waals surface area (Å²) in [4.78, 5) is 23.1. The maximum Gasteiger partial charge on any atom is 0.309 e. The summed E-state index contributed by atoms with van der Waals surface area (Å²) in [6.45, 7) is 1.64. The monoisotopic (exact) mass is 301 g/mol. The second kappa shape index (κ2) is 5.80. The highest BCUT2D eigenvalue weighted by Crippen LogP contribution is 2.38. The number of halogens is 2. The van der Waals surface area contributed by atoms with E-state index in [9.17, 15) is 9.59 Å². The van der Waals surface area contributed by atoms with Crippen molar-refractivity contribution in [2.45, 2.75) is 13.3 Å². The van der Waals surface area contributed by atoms with Crippen molar-refractivity contribution in [3.63, 3.8) is 0 Å². The molecule has 102 valence electrons. The number of hydrogen-bond acceptors (Lipinski definition) is 3. The van der Waals surface area contributed by atoms with Gasteiger partial charge in [0.2, 0.25) is 0 Å². The van der Waals surface area contributed by atoms with E-state index in [0.29, 0.717) is 21.7 Å². The van der Waals surface area contributed by atoms with Gasteiger partial charge in [-0.15, -0.1) is 0 Å². The number of benzene rings is 1. The van der Waals surface area contributed by atoms with Crippen molar-refractivity contribution in [2.24, 2.45) is 11.8 Å². The highest BCUT2D eigenvalue weighted by Gasteiger charge is 2.40. The average Bonchev–Trinajstić information content (AvgIpc) is 3.08. The van der Waals surface area contributed by atoms with Crippen LogP contribution in [-0.2, 0) is 14.3 Å². The molecule has 1 aromatic rings. The molecule has 0 aliphatic heterocycles. The quantitative estimate of drug-likeness (QED) is 0.869. The van der Waals surface area contributed by atoms with E-state index >= 15 is 0 Å². The number of anilines is 1. The number of hydrogen-bond donors (Lipinski definition) is 1. The maximum atomic E-state index is 11.6. The number of ether oxygens (including phenoxy) is 1. The van der Waals surface area contributed by atoms with E-state index in [2.05, 4.69) is 5.32 Å². The van der Waals surface area contributed by atoms with Crippen LogP contribution in [0.5, 0.6) is 0 Å². The molecule has 1 aliphatic rings. The highest BCUT2D eigenvalue weighted by molar-refractivity contribution is 6.39. The van der Waals surface area contributed by atoms with Crippen molar-refractivity contribution in [3.8, 4) is 0 Å². The van der Waals surface area contributed by atoms with Crippen LogP contribution in [0.15, 0.2) is 18.2 Å². The third kappa shape index (κ3) is 3.61. The molecule has 1 aromatic carbocycles. The second-order valence-electron chi connectivity index (χ2n) is 4.57. The van der Waals surface area contributed by atoms with Crippen molar-refractivity contribution < 1.29 is 14.3 Å². The van der Waals surface area contributed by atoms with Gasteiger partial charge in [0.15, 0.2) is 6.61 Å². The first-order valence-corrected chi connectivity index (χ1v) is 6.65. The summed E-state index contributed by atoms with van der Waals surface area (Å²) < 4.78 is 4.91. The lowest BCUT2D eigenvalue weighted by atomic mass is 10.3. The lowest BCUT2D eigenvalue weighted by Gasteiger charge is -2.09. The predicted octanol–water partition coefficient (Wildman–Crippen LogP) is 3.13. The zero-order chi connectivity index (χ0) is 14.0. The minimum Gasteiger partial charge on any atom is -0.455 e. The van der Waals surface area contributed by atoms with Crippen LogP contribution in [0.3, 0.4) is 0 Å². The summed E-state index contributed by atoms with van der Waals surface area (Å²) >= 11 is 11.8. The fraction of sp³-hybridized carbons (Fsp3) is 0.385. The Balaban J connectivity index is 1.86. The number of esters is 1. The fourth-order valence-electron chi connectivity index (χ4n) is 1.69. The lowest BCUT2D eigenvalue weighted by molar-refractivity contribution is -0.148. The molecule has 1 N–H and O–H groups in total. The van der Waals surface area contributed by atoms with Crippen molar-refractivity contribution >= 4 is 40.8 Å². The van der Waals surface area contributed by atoms with Gasteiger partial charge in [0.25, 0.3) is 5.91 Å². The lowest BCUT2D eigenvalue weighted by Crippen LogP contribution is -2.22. The van der Waals surface area contributed by atoms with Crippen molar-refractivity contribution in [2.75, 3.05) is 11.9 Å². The van der Waals surface area contributed by atoms with Gasteiger partial charge in [-0.1, -0.05) is 36.2 Å². The van der Waals surface area contributed by atoms with Crippen molar-refractivity contribution in [1.82, 2.24) is 0 Å². The van der Waals surface area contributed by atoms with E-state index in [1.165, 1.54) is 0 Å². The molecule has 0 aromatic heterocycles. The van der Waals surface area contributed by atoms with Gasteiger partial charge in [-0.3, -0.25) is 9.59 Å². The topological polar surface area (TPSA) is 55.4 Å². The summed E-state index contributed by atoms with van der Waals surface area (Å²) in [6.07, 6.45) is 0.830. The van der Waals surface area contributed by atoms with E-state index < -0.39 is 5.91 Å². The van der Waals surface area contributed by atoms with Crippen LogP contribution in [0.1, 0.15) is 13.3 Å². The molecular weight excluding hydrogens is 289 g/mol. The Labute approximate surface area is 121 Å². The van der Waals surface area contributed by atoms with Crippen LogP contribution in [-0.4, -0.2) is 18.5 Å². The first-order chi connectivity index (χ1) is 8.99. The summed E-state index contributed by atoms with van der Waals surface area (Å²) in [5, 5.41) is 3.20. The number of amides is 1. The zero-order valence-corrected chi connectivity index (χ0v) is 11.8. The summed E-state index contributed by atoms with van der Waals surface area (Å²) in [5.41, 5.74) is 0.326. The minimum atomic E-state index is -0.461.